The maximum atomic E-state index is 13.1. The number of hydrogen-bond donors (Lipinski definition) is 0. The molecule has 3 aromatic rings. The van der Waals surface area contributed by atoms with Gasteiger partial charge in [0.25, 0.3) is 5.91 Å². The molecule has 4 rings (SSSR count). The number of fused-ring (bicyclic) bond motifs is 1. The largest absolute Gasteiger partial charge is 0.497 e. The second-order valence-electron chi connectivity index (χ2n) is 6.94. The topological polar surface area (TPSA) is 59.8 Å². The number of rotatable bonds is 6. The highest BCUT2D eigenvalue weighted by molar-refractivity contribution is 6.05. The summed E-state index contributed by atoms with van der Waals surface area (Å²) in [6.45, 7) is 0.513. The Morgan fingerprint density at radius 3 is 2.62 bits per heavy atom. The van der Waals surface area contributed by atoms with Gasteiger partial charge in [-0.15, -0.1) is 0 Å². The van der Waals surface area contributed by atoms with Crippen LogP contribution in [0, 0.1) is 0 Å². The highest BCUT2D eigenvalue weighted by atomic mass is 16.5. The summed E-state index contributed by atoms with van der Waals surface area (Å²) >= 11 is 0. The molecule has 1 aliphatic rings. The molecular formula is C24H21NO4. The van der Waals surface area contributed by atoms with Gasteiger partial charge in [0, 0.05) is 17.6 Å². The van der Waals surface area contributed by atoms with Crippen molar-refractivity contribution in [3.63, 3.8) is 0 Å². The Balaban J connectivity index is 1.63. The Bertz CT molecular complexity index is 1050. The number of ketones is 1. The maximum absolute atomic E-state index is 13.1. The quantitative estimate of drug-likeness (QED) is 0.638. The zero-order chi connectivity index (χ0) is 20.2. The summed E-state index contributed by atoms with van der Waals surface area (Å²) in [5.41, 5.74) is 3.10. The SMILES string of the molecule is COc1ccc2c(c1)CC(=O)C(CN(Cc1ccco1)C(=O)c1ccccc1)=C2. The van der Waals surface area contributed by atoms with Gasteiger partial charge in [-0.2, -0.15) is 0 Å². The van der Waals surface area contributed by atoms with E-state index in [9.17, 15) is 9.59 Å². The van der Waals surface area contributed by atoms with Crippen LogP contribution >= 0.6 is 0 Å². The molecule has 0 fully saturated rings. The van der Waals surface area contributed by atoms with Crippen LogP contribution in [0.25, 0.3) is 6.08 Å². The molecule has 0 atom stereocenters. The molecule has 0 aliphatic heterocycles. The number of methoxy groups -OCH3 is 1. The Kier molecular flexibility index (Phi) is 5.29. The van der Waals surface area contributed by atoms with Gasteiger partial charge in [0.05, 0.1) is 26.5 Å². The van der Waals surface area contributed by atoms with Gasteiger partial charge in [-0.05, 0) is 53.6 Å². The summed E-state index contributed by atoms with van der Waals surface area (Å²) < 4.78 is 10.7. The normalized spacial score (nSPS) is 12.9. The van der Waals surface area contributed by atoms with Gasteiger partial charge >= 0.3 is 0 Å². The molecule has 0 N–H and O–H groups in total. The summed E-state index contributed by atoms with van der Waals surface area (Å²) in [5, 5.41) is 0. The predicted octanol–water partition coefficient (Wildman–Crippen LogP) is 4.14. The molecule has 1 aromatic heterocycles. The first-order valence-electron chi connectivity index (χ1n) is 9.41. The number of hydrogen-bond acceptors (Lipinski definition) is 4. The predicted molar refractivity (Wildman–Crippen MR) is 110 cm³/mol. The summed E-state index contributed by atoms with van der Waals surface area (Å²) in [6, 6.07) is 18.4. The van der Waals surface area contributed by atoms with Crippen molar-refractivity contribution in [2.24, 2.45) is 0 Å². The third-order valence-electron chi connectivity index (χ3n) is 4.98. The first-order chi connectivity index (χ1) is 14.1. The van der Waals surface area contributed by atoms with Crippen LogP contribution in [0.2, 0.25) is 0 Å². The average Bonchev–Trinajstić information content (AvgIpc) is 3.26. The van der Waals surface area contributed by atoms with Crippen LogP contribution in [0.4, 0.5) is 0 Å². The molecule has 5 heteroatoms. The Hall–Kier alpha value is -3.60. The van der Waals surface area contributed by atoms with Crippen molar-refractivity contribution in [2.45, 2.75) is 13.0 Å². The second-order valence-corrected chi connectivity index (χ2v) is 6.94. The number of benzene rings is 2. The van der Waals surface area contributed by atoms with Gasteiger partial charge in [-0.25, -0.2) is 0 Å². The van der Waals surface area contributed by atoms with Gasteiger partial charge in [0.1, 0.15) is 11.5 Å². The molecular weight excluding hydrogens is 366 g/mol. The van der Waals surface area contributed by atoms with Gasteiger partial charge in [0.2, 0.25) is 0 Å². The lowest BCUT2D eigenvalue weighted by molar-refractivity contribution is -0.115. The van der Waals surface area contributed by atoms with Gasteiger partial charge in [-0.1, -0.05) is 24.3 Å². The number of furan rings is 1. The number of amides is 1. The standard InChI is InChI=1S/C24H21NO4/c1-28-21-10-9-18-12-20(23(26)14-19(18)13-21)15-25(16-22-8-5-11-29-22)24(27)17-6-3-2-4-7-17/h2-13H,14-16H2,1H3. The van der Waals surface area contributed by atoms with E-state index in [2.05, 4.69) is 0 Å². The van der Waals surface area contributed by atoms with E-state index in [0.717, 1.165) is 16.9 Å². The molecule has 0 bridgehead atoms. The van der Waals surface area contributed by atoms with E-state index < -0.39 is 0 Å². The van der Waals surface area contributed by atoms with Crippen LogP contribution in [0.15, 0.2) is 76.9 Å². The number of ether oxygens (including phenoxy) is 1. The fraction of sp³-hybridized carbons (Fsp3) is 0.167. The highest BCUT2D eigenvalue weighted by Crippen LogP contribution is 2.27. The summed E-state index contributed by atoms with van der Waals surface area (Å²) in [4.78, 5) is 27.5. The van der Waals surface area contributed by atoms with Gasteiger partial charge in [-0.3, -0.25) is 9.59 Å². The smallest absolute Gasteiger partial charge is 0.254 e. The minimum atomic E-state index is -0.142. The maximum Gasteiger partial charge on any atom is 0.254 e. The van der Waals surface area contributed by atoms with Gasteiger partial charge < -0.3 is 14.1 Å². The van der Waals surface area contributed by atoms with Crippen molar-refractivity contribution < 1.29 is 18.7 Å². The molecule has 0 saturated heterocycles. The Labute approximate surface area is 169 Å². The van der Waals surface area contributed by atoms with Crippen molar-refractivity contribution in [2.75, 3.05) is 13.7 Å². The molecule has 1 aliphatic carbocycles. The molecule has 2 aromatic carbocycles. The highest BCUT2D eigenvalue weighted by Gasteiger charge is 2.24. The van der Waals surface area contributed by atoms with Crippen molar-refractivity contribution in [1.29, 1.82) is 0 Å². The Morgan fingerprint density at radius 2 is 1.90 bits per heavy atom. The van der Waals surface area contributed by atoms with E-state index in [1.54, 1.807) is 36.5 Å². The zero-order valence-electron chi connectivity index (χ0n) is 16.1. The van der Waals surface area contributed by atoms with E-state index in [1.165, 1.54) is 0 Å². The monoisotopic (exact) mass is 387 g/mol. The number of nitrogens with zero attached hydrogens (tertiary/aromatic N) is 1. The lowest BCUT2D eigenvalue weighted by Crippen LogP contribution is -2.34. The zero-order valence-corrected chi connectivity index (χ0v) is 16.1. The molecule has 0 saturated carbocycles. The summed E-state index contributed by atoms with van der Waals surface area (Å²) in [6.07, 6.45) is 3.75. The number of carbonyl (C=O) groups excluding carboxylic acids is 2. The number of Topliss-reactive ketones (excluding diaryl/α,β-unsaturated/α-hetero) is 1. The lowest BCUT2D eigenvalue weighted by Gasteiger charge is -2.25. The van der Waals surface area contributed by atoms with Gasteiger partial charge in [0.15, 0.2) is 5.78 Å². The molecule has 146 valence electrons. The molecule has 0 radical (unpaired) electrons. The van der Waals surface area contributed by atoms with Crippen LogP contribution in [-0.2, 0) is 17.8 Å². The van der Waals surface area contributed by atoms with Crippen LogP contribution in [-0.4, -0.2) is 30.2 Å². The third kappa shape index (κ3) is 4.14. The minimum absolute atomic E-state index is 0.0102. The number of carbonyl (C=O) groups is 2. The van der Waals surface area contributed by atoms with Crippen LogP contribution in [0.3, 0.4) is 0 Å². The molecule has 0 unspecified atom stereocenters. The molecule has 1 amide bonds. The van der Waals surface area contributed by atoms with Crippen molar-refractivity contribution in [3.8, 4) is 5.75 Å². The van der Waals surface area contributed by atoms with Crippen LogP contribution in [0.5, 0.6) is 5.75 Å². The molecule has 29 heavy (non-hydrogen) atoms. The third-order valence-corrected chi connectivity index (χ3v) is 4.98. The fourth-order valence-corrected chi connectivity index (χ4v) is 3.45. The summed E-state index contributed by atoms with van der Waals surface area (Å²) in [7, 11) is 1.61. The van der Waals surface area contributed by atoms with E-state index in [4.69, 9.17) is 9.15 Å². The first-order valence-corrected chi connectivity index (χ1v) is 9.41. The van der Waals surface area contributed by atoms with Crippen LogP contribution in [0.1, 0.15) is 27.2 Å². The minimum Gasteiger partial charge on any atom is -0.497 e. The van der Waals surface area contributed by atoms with E-state index in [-0.39, 0.29) is 18.2 Å². The van der Waals surface area contributed by atoms with E-state index in [0.29, 0.717) is 29.9 Å². The van der Waals surface area contributed by atoms with Crippen molar-refractivity contribution in [1.82, 2.24) is 4.90 Å². The van der Waals surface area contributed by atoms with Crippen LogP contribution < -0.4 is 4.74 Å². The van der Waals surface area contributed by atoms with Crippen molar-refractivity contribution in [3.05, 3.63) is 95.0 Å². The fourth-order valence-electron chi connectivity index (χ4n) is 3.45. The van der Waals surface area contributed by atoms with E-state index in [1.807, 2.05) is 48.5 Å². The Morgan fingerprint density at radius 1 is 1.07 bits per heavy atom. The summed E-state index contributed by atoms with van der Waals surface area (Å²) in [5.74, 6) is 1.27. The lowest BCUT2D eigenvalue weighted by atomic mass is 9.90. The molecule has 0 spiro atoms. The molecule has 5 nitrogen and oxygen atoms in total. The average molecular weight is 387 g/mol. The van der Waals surface area contributed by atoms with Crippen molar-refractivity contribution >= 4 is 17.8 Å². The first kappa shape index (κ1) is 18.7. The second kappa shape index (κ2) is 8.19. The molecule has 1 heterocycles. The van der Waals surface area contributed by atoms with E-state index >= 15 is 0 Å².